The lowest BCUT2D eigenvalue weighted by atomic mass is 9.94. The van der Waals surface area contributed by atoms with Crippen molar-refractivity contribution in [3.8, 4) is 11.3 Å². The van der Waals surface area contributed by atoms with E-state index in [4.69, 9.17) is 4.98 Å². The van der Waals surface area contributed by atoms with Crippen molar-refractivity contribution >= 4 is 22.5 Å². The molecule has 0 atom stereocenters. The number of nitrogens with zero attached hydrogens (tertiary/aromatic N) is 1. The first-order chi connectivity index (χ1) is 14.8. The number of carbonyl (C=O) groups is 1. The van der Waals surface area contributed by atoms with Crippen LogP contribution in [-0.4, -0.2) is 10.9 Å². The summed E-state index contributed by atoms with van der Waals surface area (Å²) in [6.45, 7) is 12.2. The Morgan fingerprint density at radius 2 is 1.42 bits per heavy atom. The van der Waals surface area contributed by atoms with E-state index >= 15 is 0 Å². The van der Waals surface area contributed by atoms with Crippen LogP contribution in [0.5, 0.6) is 0 Å². The summed E-state index contributed by atoms with van der Waals surface area (Å²) < 4.78 is 0. The Kier molecular flexibility index (Phi) is 5.36. The van der Waals surface area contributed by atoms with E-state index in [0.717, 1.165) is 55.7 Å². The van der Waals surface area contributed by atoms with Gasteiger partial charge in [-0.3, -0.25) is 4.79 Å². The second-order valence-electron chi connectivity index (χ2n) is 8.53. The largest absolute Gasteiger partial charge is 0.321 e. The van der Waals surface area contributed by atoms with E-state index in [-0.39, 0.29) is 5.91 Å². The van der Waals surface area contributed by atoms with Crippen LogP contribution in [0.3, 0.4) is 0 Å². The number of amides is 1. The molecule has 1 amide bonds. The zero-order valence-electron chi connectivity index (χ0n) is 19.1. The van der Waals surface area contributed by atoms with Crippen LogP contribution >= 0.6 is 0 Å². The van der Waals surface area contributed by atoms with E-state index in [1.807, 2.05) is 39.0 Å². The van der Waals surface area contributed by atoms with Gasteiger partial charge in [0.05, 0.1) is 16.8 Å². The Labute approximate surface area is 184 Å². The van der Waals surface area contributed by atoms with Gasteiger partial charge >= 0.3 is 0 Å². The van der Waals surface area contributed by atoms with Crippen LogP contribution in [0.1, 0.15) is 43.7 Å². The summed E-state index contributed by atoms with van der Waals surface area (Å²) in [6, 6.07) is 18.6. The van der Waals surface area contributed by atoms with E-state index < -0.39 is 0 Å². The molecule has 3 heteroatoms. The van der Waals surface area contributed by atoms with Gasteiger partial charge in [-0.05, 0) is 69.9 Å². The fourth-order valence-corrected chi connectivity index (χ4v) is 4.29. The minimum Gasteiger partial charge on any atom is -0.321 e. The molecule has 0 saturated heterocycles. The van der Waals surface area contributed by atoms with Gasteiger partial charge in [0.25, 0.3) is 5.91 Å². The van der Waals surface area contributed by atoms with Crippen molar-refractivity contribution in [1.29, 1.82) is 0 Å². The SMILES string of the molecule is Cc1ccc(-c2nc3c(C)cc(C)cc3c(C(=O)Nc3c(C)cccc3C)c2C)cc1. The third-order valence-corrected chi connectivity index (χ3v) is 5.94. The number of para-hydroxylation sites is 1. The van der Waals surface area contributed by atoms with Crippen molar-refractivity contribution in [2.45, 2.75) is 41.5 Å². The fraction of sp³-hybridized carbons (Fsp3) is 0.214. The lowest BCUT2D eigenvalue weighted by Crippen LogP contribution is -2.17. The predicted octanol–water partition coefficient (Wildman–Crippen LogP) is 7.00. The molecule has 1 aromatic heterocycles. The zero-order valence-corrected chi connectivity index (χ0v) is 19.1. The Bertz CT molecular complexity index is 1300. The highest BCUT2D eigenvalue weighted by Crippen LogP contribution is 2.33. The lowest BCUT2D eigenvalue weighted by molar-refractivity contribution is 0.102. The van der Waals surface area contributed by atoms with Crippen molar-refractivity contribution in [2.24, 2.45) is 0 Å². The number of hydrogen-bond donors (Lipinski definition) is 1. The molecule has 0 aliphatic heterocycles. The fourth-order valence-electron chi connectivity index (χ4n) is 4.29. The molecule has 4 rings (SSSR count). The summed E-state index contributed by atoms with van der Waals surface area (Å²) in [5, 5.41) is 4.09. The number of aromatic nitrogens is 1. The van der Waals surface area contributed by atoms with Gasteiger partial charge in [0, 0.05) is 16.6 Å². The second-order valence-corrected chi connectivity index (χ2v) is 8.53. The summed E-state index contributed by atoms with van der Waals surface area (Å²) in [6.07, 6.45) is 0. The summed E-state index contributed by atoms with van der Waals surface area (Å²) in [4.78, 5) is 18.7. The number of fused-ring (bicyclic) bond motifs is 1. The van der Waals surface area contributed by atoms with Crippen molar-refractivity contribution in [2.75, 3.05) is 5.32 Å². The van der Waals surface area contributed by atoms with Crippen molar-refractivity contribution in [3.05, 3.63) is 93.5 Å². The van der Waals surface area contributed by atoms with Crippen LogP contribution in [0.2, 0.25) is 0 Å². The minimum atomic E-state index is -0.0966. The predicted molar refractivity (Wildman–Crippen MR) is 130 cm³/mol. The maximum absolute atomic E-state index is 13.7. The molecule has 0 radical (unpaired) electrons. The number of benzene rings is 3. The first kappa shape index (κ1) is 20.8. The second kappa shape index (κ2) is 7.99. The molecule has 156 valence electrons. The molecule has 1 N–H and O–H groups in total. The van der Waals surface area contributed by atoms with Crippen LogP contribution in [0.4, 0.5) is 5.69 Å². The molecule has 0 bridgehead atoms. The summed E-state index contributed by atoms with van der Waals surface area (Å²) in [7, 11) is 0. The van der Waals surface area contributed by atoms with E-state index in [1.165, 1.54) is 5.56 Å². The van der Waals surface area contributed by atoms with Gasteiger partial charge in [0.2, 0.25) is 0 Å². The summed E-state index contributed by atoms with van der Waals surface area (Å²) >= 11 is 0. The van der Waals surface area contributed by atoms with E-state index in [2.05, 4.69) is 62.5 Å². The Morgan fingerprint density at radius 1 is 0.774 bits per heavy atom. The monoisotopic (exact) mass is 408 g/mol. The zero-order chi connectivity index (χ0) is 22.3. The number of anilines is 1. The molecule has 1 heterocycles. The third-order valence-electron chi connectivity index (χ3n) is 5.94. The quantitative estimate of drug-likeness (QED) is 0.396. The van der Waals surface area contributed by atoms with E-state index in [1.54, 1.807) is 0 Å². The average molecular weight is 409 g/mol. The summed E-state index contributed by atoms with van der Waals surface area (Å²) in [5.41, 5.74) is 10.7. The third kappa shape index (κ3) is 3.84. The minimum absolute atomic E-state index is 0.0966. The van der Waals surface area contributed by atoms with Gasteiger partial charge in [-0.15, -0.1) is 0 Å². The molecule has 3 nitrogen and oxygen atoms in total. The van der Waals surface area contributed by atoms with Gasteiger partial charge < -0.3 is 5.32 Å². The van der Waals surface area contributed by atoms with Crippen LogP contribution in [0.25, 0.3) is 22.2 Å². The maximum Gasteiger partial charge on any atom is 0.256 e. The standard InChI is InChI=1S/C28H28N2O/c1-16-10-12-22(13-11-16)27-21(6)24(23-15-17(2)14-20(5)26(23)29-27)28(31)30-25-18(3)8-7-9-19(25)4/h7-15H,1-6H3,(H,30,31). The molecule has 31 heavy (non-hydrogen) atoms. The van der Waals surface area contributed by atoms with Crippen LogP contribution in [0.15, 0.2) is 54.6 Å². The molecule has 4 aromatic rings. The van der Waals surface area contributed by atoms with Gasteiger partial charge in [-0.25, -0.2) is 4.98 Å². The molecule has 0 fully saturated rings. The molecule has 0 spiro atoms. The first-order valence-corrected chi connectivity index (χ1v) is 10.6. The normalized spacial score (nSPS) is 11.0. The molecule has 3 aromatic carbocycles. The van der Waals surface area contributed by atoms with E-state index in [0.29, 0.717) is 5.56 Å². The molecule has 0 unspecified atom stereocenters. The Morgan fingerprint density at radius 3 is 2.06 bits per heavy atom. The number of rotatable bonds is 3. The van der Waals surface area contributed by atoms with Gasteiger partial charge in [0.1, 0.15) is 0 Å². The van der Waals surface area contributed by atoms with Crippen LogP contribution in [0, 0.1) is 41.5 Å². The maximum atomic E-state index is 13.7. The molecule has 0 aliphatic rings. The first-order valence-electron chi connectivity index (χ1n) is 10.6. The number of hydrogen-bond acceptors (Lipinski definition) is 2. The van der Waals surface area contributed by atoms with Crippen molar-refractivity contribution < 1.29 is 4.79 Å². The van der Waals surface area contributed by atoms with Crippen LogP contribution < -0.4 is 5.32 Å². The molecular weight excluding hydrogens is 380 g/mol. The number of aryl methyl sites for hydroxylation is 5. The van der Waals surface area contributed by atoms with Crippen molar-refractivity contribution in [3.63, 3.8) is 0 Å². The lowest BCUT2D eigenvalue weighted by Gasteiger charge is -2.18. The van der Waals surface area contributed by atoms with Gasteiger partial charge in [-0.2, -0.15) is 0 Å². The molecule has 0 aliphatic carbocycles. The highest BCUT2D eigenvalue weighted by molar-refractivity contribution is 6.15. The smallest absolute Gasteiger partial charge is 0.256 e. The number of carbonyl (C=O) groups excluding carboxylic acids is 1. The van der Waals surface area contributed by atoms with Crippen molar-refractivity contribution in [1.82, 2.24) is 4.98 Å². The topological polar surface area (TPSA) is 42.0 Å². The molecule has 0 saturated carbocycles. The highest BCUT2D eigenvalue weighted by atomic mass is 16.1. The van der Waals surface area contributed by atoms with Gasteiger partial charge in [-0.1, -0.05) is 59.7 Å². The van der Waals surface area contributed by atoms with Crippen LogP contribution in [-0.2, 0) is 0 Å². The van der Waals surface area contributed by atoms with Gasteiger partial charge in [0.15, 0.2) is 0 Å². The Balaban J connectivity index is 1.97. The average Bonchev–Trinajstić information content (AvgIpc) is 2.71. The summed E-state index contributed by atoms with van der Waals surface area (Å²) in [5.74, 6) is -0.0966. The highest BCUT2D eigenvalue weighted by Gasteiger charge is 2.21. The molecular formula is C28H28N2O. The van der Waals surface area contributed by atoms with E-state index in [9.17, 15) is 4.79 Å². The number of pyridine rings is 1. The number of nitrogens with one attached hydrogen (secondary N) is 1. The Hall–Kier alpha value is -3.46.